The van der Waals surface area contributed by atoms with E-state index in [0.29, 0.717) is 12.5 Å². The first kappa shape index (κ1) is 14.6. The Kier molecular flexibility index (Phi) is 4.71. The quantitative estimate of drug-likeness (QED) is 0.891. The maximum absolute atomic E-state index is 9.81. The van der Waals surface area contributed by atoms with Gasteiger partial charge in [-0.2, -0.15) is 0 Å². The van der Waals surface area contributed by atoms with Crippen LogP contribution >= 0.6 is 11.6 Å². The molecule has 0 saturated carbocycles. The summed E-state index contributed by atoms with van der Waals surface area (Å²) < 4.78 is 5.78. The number of aliphatic hydroxyl groups is 1. The Morgan fingerprint density at radius 3 is 2.68 bits per heavy atom. The minimum Gasteiger partial charge on any atom is -0.394 e. The Morgan fingerprint density at radius 2 is 2.11 bits per heavy atom. The van der Waals surface area contributed by atoms with Crippen LogP contribution in [-0.2, 0) is 4.74 Å². The van der Waals surface area contributed by atoms with Crippen LogP contribution in [0.15, 0.2) is 24.3 Å². The van der Waals surface area contributed by atoms with E-state index in [1.54, 1.807) is 0 Å². The molecule has 0 aliphatic carbocycles. The zero-order valence-corrected chi connectivity index (χ0v) is 12.3. The molecule has 2 atom stereocenters. The highest BCUT2D eigenvalue weighted by Crippen LogP contribution is 2.31. The summed E-state index contributed by atoms with van der Waals surface area (Å²) >= 11 is 5.89. The molecule has 0 bridgehead atoms. The minimum absolute atomic E-state index is 0.113. The van der Waals surface area contributed by atoms with Crippen molar-refractivity contribution in [1.82, 2.24) is 0 Å². The number of anilines is 1. The number of rotatable bonds is 4. The highest BCUT2D eigenvalue weighted by Gasteiger charge is 2.37. The molecule has 0 amide bonds. The fraction of sp³-hybridized carbons (Fsp3) is 0.600. The van der Waals surface area contributed by atoms with Crippen molar-refractivity contribution in [2.45, 2.75) is 38.3 Å². The van der Waals surface area contributed by atoms with Crippen LogP contribution in [0.4, 0.5) is 5.69 Å². The molecule has 2 rings (SSSR count). The van der Waals surface area contributed by atoms with Gasteiger partial charge >= 0.3 is 0 Å². The summed E-state index contributed by atoms with van der Waals surface area (Å²) in [5, 5.41) is 14.0. The maximum atomic E-state index is 9.81. The Morgan fingerprint density at radius 1 is 1.42 bits per heavy atom. The molecule has 1 fully saturated rings. The molecule has 2 N–H and O–H groups in total. The van der Waals surface area contributed by atoms with Gasteiger partial charge in [-0.05, 0) is 43.0 Å². The molecule has 1 saturated heterocycles. The molecule has 1 aromatic rings. The van der Waals surface area contributed by atoms with Crippen molar-refractivity contribution in [2.24, 2.45) is 5.92 Å². The van der Waals surface area contributed by atoms with Crippen molar-refractivity contribution < 1.29 is 9.84 Å². The standard InChI is InChI=1S/C15H22ClNO2/c1-11(2)14-9-15(10-18,7-8-19-14)17-13-5-3-12(16)4-6-13/h3-6,11,14,17-18H,7-10H2,1-2H3. The zero-order valence-electron chi connectivity index (χ0n) is 11.5. The molecule has 19 heavy (non-hydrogen) atoms. The highest BCUT2D eigenvalue weighted by atomic mass is 35.5. The molecule has 1 aliphatic rings. The predicted molar refractivity (Wildman–Crippen MR) is 78.7 cm³/mol. The largest absolute Gasteiger partial charge is 0.394 e. The minimum atomic E-state index is -0.291. The summed E-state index contributed by atoms with van der Waals surface area (Å²) in [6, 6.07) is 7.60. The van der Waals surface area contributed by atoms with Crippen LogP contribution in [0.25, 0.3) is 0 Å². The van der Waals surface area contributed by atoms with E-state index >= 15 is 0 Å². The second-order valence-corrected chi connectivity index (χ2v) is 6.11. The third-order valence-corrected chi connectivity index (χ3v) is 4.06. The summed E-state index contributed by atoms with van der Waals surface area (Å²) in [5.41, 5.74) is 0.698. The van der Waals surface area contributed by atoms with Crippen LogP contribution in [-0.4, -0.2) is 30.0 Å². The van der Waals surface area contributed by atoms with Crippen LogP contribution < -0.4 is 5.32 Å². The van der Waals surface area contributed by atoms with Gasteiger partial charge in [0.15, 0.2) is 0 Å². The third kappa shape index (κ3) is 3.62. The molecule has 0 aromatic heterocycles. The summed E-state index contributed by atoms with van der Waals surface area (Å²) in [7, 11) is 0. The number of hydrogen-bond donors (Lipinski definition) is 2. The number of benzene rings is 1. The molecule has 1 aliphatic heterocycles. The molecular formula is C15H22ClNO2. The van der Waals surface area contributed by atoms with E-state index in [9.17, 15) is 5.11 Å². The van der Waals surface area contributed by atoms with Crippen LogP contribution in [0.2, 0.25) is 5.02 Å². The number of halogens is 1. The fourth-order valence-electron chi connectivity index (χ4n) is 2.52. The Labute approximate surface area is 119 Å². The van der Waals surface area contributed by atoms with Gasteiger partial charge in [-0.1, -0.05) is 25.4 Å². The lowest BCUT2D eigenvalue weighted by Gasteiger charge is -2.42. The molecular weight excluding hydrogens is 262 g/mol. The van der Waals surface area contributed by atoms with E-state index in [0.717, 1.165) is 23.6 Å². The van der Waals surface area contributed by atoms with E-state index < -0.39 is 0 Å². The average molecular weight is 284 g/mol. The van der Waals surface area contributed by atoms with Crippen molar-refractivity contribution in [1.29, 1.82) is 0 Å². The molecule has 3 nitrogen and oxygen atoms in total. The zero-order chi connectivity index (χ0) is 13.9. The van der Waals surface area contributed by atoms with E-state index in [1.165, 1.54) is 0 Å². The van der Waals surface area contributed by atoms with Crippen molar-refractivity contribution in [2.75, 3.05) is 18.5 Å². The molecule has 106 valence electrons. The van der Waals surface area contributed by atoms with Crippen LogP contribution in [0.5, 0.6) is 0 Å². The highest BCUT2D eigenvalue weighted by molar-refractivity contribution is 6.30. The molecule has 1 aromatic carbocycles. The Bertz CT molecular complexity index is 407. The lowest BCUT2D eigenvalue weighted by atomic mass is 9.83. The smallest absolute Gasteiger partial charge is 0.0663 e. The van der Waals surface area contributed by atoms with Gasteiger partial charge in [0, 0.05) is 17.3 Å². The van der Waals surface area contributed by atoms with E-state index in [2.05, 4.69) is 19.2 Å². The predicted octanol–water partition coefficient (Wildman–Crippen LogP) is 3.32. The van der Waals surface area contributed by atoms with Crippen LogP contribution in [0, 0.1) is 5.92 Å². The van der Waals surface area contributed by atoms with Gasteiger partial charge < -0.3 is 15.2 Å². The van der Waals surface area contributed by atoms with Crippen molar-refractivity contribution in [3.63, 3.8) is 0 Å². The number of ether oxygens (including phenoxy) is 1. The van der Waals surface area contributed by atoms with Crippen LogP contribution in [0.1, 0.15) is 26.7 Å². The topological polar surface area (TPSA) is 41.5 Å². The van der Waals surface area contributed by atoms with Gasteiger partial charge in [-0.25, -0.2) is 0 Å². The van der Waals surface area contributed by atoms with Crippen molar-refractivity contribution >= 4 is 17.3 Å². The molecule has 0 spiro atoms. The normalized spacial score (nSPS) is 27.5. The Hall–Kier alpha value is -0.770. The monoisotopic (exact) mass is 283 g/mol. The summed E-state index contributed by atoms with van der Waals surface area (Å²) in [5.74, 6) is 0.457. The van der Waals surface area contributed by atoms with Gasteiger partial charge in [0.25, 0.3) is 0 Å². The number of aliphatic hydroxyl groups excluding tert-OH is 1. The van der Waals surface area contributed by atoms with Gasteiger partial charge in [-0.3, -0.25) is 0 Å². The first-order chi connectivity index (χ1) is 9.04. The van der Waals surface area contributed by atoms with E-state index in [1.807, 2.05) is 24.3 Å². The van der Waals surface area contributed by atoms with Gasteiger partial charge in [0.2, 0.25) is 0 Å². The lowest BCUT2D eigenvalue weighted by molar-refractivity contribution is -0.0481. The van der Waals surface area contributed by atoms with Crippen molar-refractivity contribution in [3.05, 3.63) is 29.3 Å². The summed E-state index contributed by atoms with van der Waals surface area (Å²) in [4.78, 5) is 0. The second kappa shape index (κ2) is 6.12. The fourth-order valence-corrected chi connectivity index (χ4v) is 2.64. The third-order valence-electron chi connectivity index (χ3n) is 3.80. The molecule has 0 radical (unpaired) electrons. The SMILES string of the molecule is CC(C)C1CC(CO)(Nc2ccc(Cl)cc2)CCO1. The molecule has 2 unspecified atom stereocenters. The lowest BCUT2D eigenvalue weighted by Crippen LogP contribution is -2.50. The van der Waals surface area contributed by atoms with Gasteiger partial charge in [0.1, 0.15) is 0 Å². The first-order valence-electron chi connectivity index (χ1n) is 6.81. The van der Waals surface area contributed by atoms with E-state index in [-0.39, 0.29) is 18.2 Å². The van der Waals surface area contributed by atoms with E-state index in [4.69, 9.17) is 16.3 Å². The average Bonchev–Trinajstić information content (AvgIpc) is 2.42. The second-order valence-electron chi connectivity index (χ2n) is 5.68. The van der Waals surface area contributed by atoms with Crippen LogP contribution in [0.3, 0.4) is 0 Å². The number of hydrogen-bond acceptors (Lipinski definition) is 3. The summed E-state index contributed by atoms with van der Waals surface area (Å²) in [6.45, 7) is 5.10. The summed E-state index contributed by atoms with van der Waals surface area (Å²) in [6.07, 6.45) is 1.83. The molecule has 4 heteroatoms. The molecule has 1 heterocycles. The van der Waals surface area contributed by atoms with Gasteiger partial charge in [0.05, 0.1) is 18.2 Å². The maximum Gasteiger partial charge on any atom is 0.0663 e. The van der Waals surface area contributed by atoms with Gasteiger partial charge in [-0.15, -0.1) is 0 Å². The van der Waals surface area contributed by atoms with Crippen molar-refractivity contribution in [3.8, 4) is 0 Å². The first-order valence-corrected chi connectivity index (χ1v) is 7.19. The Balaban J connectivity index is 2.11. The number of nitrogens with one attached hydrogen (secondary N) is 1.